The average molecular weight is 261 g/mol. The Hall–Kier alpha value is -2.14. The molecule has 92 valence electrons. The summed E-state index contributed by atoms with van der Waals surface area (Å²) in [6.45, 7) is 0.483. The molecular formula is C13H11NO3S. The largest absolute Gasteiger partial charge is 0.478 e. The molecule has 0 atom stereocenters. The summed E-state index contributed by atoms with van der Waals surface area (Å²) in [5, 5.41) is 13.5. The lowest BCUT2D eigenvalue weighted by atomic mass is 10.1. The predicted octanol–water partition coefficient (Wildman–Crippen LogP) is 2.38. The van der Waals surface area contributed by atoms with Gasteiger partial charge in [0.2, 0.25) is 0 Å². The molecule has 4 nitrogen and oxygen atoms in total. The van der Waals surface area contributed by atoms with E-state index in [-0.39, 0.29) is 11.5 Å². The second-order valence-electron chi connectivity index (χ2n) is 3.64. The molecule has 0 saturated heterocycles. The van der Waals surface area contributed by atoms with Crippen molar-refractivity contribution in [1.29, 1.82) is 0 Å². The van der Waals surface area contributed by atoms with E-state index in [4.69, 9.17) is 5.11 Å². The van der Waals surface area contributed by atoms with Gasteiger partial charge in [-0.1, -0.05) is 6.07 Å². The summed E-state index contributed by atoms with van der Waals surface area (Å²) in [4.78, 5) is 23.5. The Morgan fingerprint density at radius 1 is 1.11 bits per heavy atom. The summed E-state index contributed by atoms with van der Waals surface area (Å²) >= 11 is 1.57. The fourth-order valence-corrected chi connectivity index (χ4v) is 2.09. The second kappa shape index (κ2) is 5.46. The molecule has 2 N–H and O–H groups in total. The molecule has 0 aliphatic carbocycles. The maximum Gasteiger partial charge on any atom is 0.335 e. The predicted molar refractivity (Wildman–Crippen MR) is 68.9 cm³/mol. The van der Waals surface area contributed by atoms with Gasteiger partial charge < -0.3 is 10.4 Å². The van der Waals surface area contributed by atoms with Crippen LogP contribution in [-0.4, -0.2) is 17.0 Å². The first-order chi connectivity index (χ1) is 8.66. The molecule has 0 fully saturated rings. The van der Waals surface area contributed by atoms with Crippen molar-refractivity contribution >= 4 is 23.2 Å². The van der Waals surface area contributed by atoms with Gasteiger partial charge >= 0.3 is 5.97 Å². The van der Waals surface area contributed by atoms with Crippen molar-refractivity contribution in [2.45, 2.75) is 6.54 Å². The third-order valence-corrected chi connectivity index (χ3v) is 3.27. The van der Waals surface area contributed by atoms with Gasteiger partial charge in [-0.15, -0.1) is 11.3 Å². The van der Waals surface area contributed by atoms with Crippen molar-refractivity contribution in [3.05, 3.63) is 57.8 Å². The van der Waals surface area contributed by atoms with E-state index in [1.807, 2.05) is 17.5 Å². The lowest BCUT2D eigenvalue weighted by Gasteiger charge is -2.04. The summed E-state index contributed by atoms with van der Waals surface area (Å²) in [7, 11) is 0. The van der Waals surface area contributed by atoms with Gasteiger partial charge in [0.25, 0.3) is 5.91 Å². The van der Waals surface area contributed by atoms with E-state index < -0.39 is 5.97 Å². The zero-order valence-corrected chi connectivity index (χ0v) is 10.2. The molecular weight excluding hydrogens is 250 g/mol. The van der Waals surface area contributed by atoms with Gasteiger partial charge in [-0.05, 0) is 35.7 Å². The highest BCUT2D eigenvalue weighted by Crippen LogP contribution is 2.09. The molecule has 0 aliphatic heterocycles. The Bertz CT molecular complexity index is 546. The number of hydrogen-bond donors (Lipinski definition) is 2. The third-order valence-electron chi connectivity index (χ3n) is 2.40. The number of aromatic carboxylic acids is 1. The number of carboxylic acid groups (broad SMARTS) is 1. The molecule has 0 unspecified atom stereocenters. The van der Waals surface area contributed by atoms with Gasteiger partial charge in [-0.2, -0.15) is 0 Å². The average Bonchev–Trinajstić information content (AvgIpc) is 2.89. The number of hydrogen-bond acceptors (Lipinski definition) is 3. The minimum atomic E-state index is -0.999. The molecule has 0 radical (unpaired) electrons. The van der Waals surface area contributed by atoms with Crippen LogP contribution < -0.4 is 5.32 Å². The molecule has 1 amide bonds. The molecule has 5 heteroatoms. The van der Waals surface area contributed by atoms with Crippen LogP contribution in [0.1, 0.15) is 25.6 Å². The topological polar surface area (TPSA) is 66.4 Å². The lowest BCUT2D eigenvalue weighted by molar-refractivity contribution is 0.0696. The molecule has 1 aromatic carbocycles. The van der Waals surface area contributed by atoms with Crippen molar-refractivity contribution in [2.24, 2.45) is 0 Å². The Balaban J connectivity index is 1.98. The van der Waals surface area contributed by atoms with E-state index in [0.29, 0.717) is 12.1 Å². The van der Waals surface area contributed by atoms with E-state index in [9.17, 15) is 9.59 Å². The molecule has 2 aromatic rings. The van der Waals surface area contributed by atoms with Crippen LogP contribution in [0.25, 0.3) is 0 Å². The Kier molecular flexibility index (Phi) is 3.74. The van der Waals surface area contributed by atoms with E-state index in [1.54, 1.807) is 11.3 Å². The number of carboxylic acids is 1. The summed E-state index contributed by atoms with van der Waals surface area (Å²) in [5.41, 5.74) is 0.626. The fourth-order valence-electron chi connectivity index (χ4n) is 1.45. The van der Waals surface area contributed by atoms with Crippen molar-refractivity contribution in [3.63, 3.8) is 0 Å². The number of benzene rings is 1. The SMILES string of the molecule is O=C(O)c1ccc(C(=O)NCc2cccs2)cc1. The molecule has 18 heavy (non-hydrogen) atoms. The lowest BCUT2D eigenvalue weighted by Crippen LogP contribution is -2.22. The molecule has 0 aliphatic rings. The zero-order chi connectivity index (χ0) is 13.0. The van der Waals surface area contributed by atoms with Gasteiger partial charge in [0, 0.05) is 10.4 Å². The Morgan fingerprint density at radius 2 is 1.78 bits per heavy atom. The van der Waals surface area contributed by atoms with Crippen molar-refractivity contribution < 1.29 is 14.7 Å². The maximum absolute atomic E-state index is 11.8. The van der Waals surface area contributed by atoms with Gasteiger partial charge in [-0.3, -0.25) is 4.79 Å². The van der Waals surface area contributed by atoms with Gasteiger partial charge in [0.1, 0.15) is 0 Å². The number of amides is 1. The molecule has 1 aromatic heterocycles. The fraction of sp³-hybridized carbons (Fsp3) is 0.0769. The van der Waals surface area contributed by atoms with E-state index in [2.05, 4.69) is 5.32 Å². The zero-order valence-electron chi connectivity index (χ0n) is 9.42. The van der Waals surface area contributed by atoms with Crippen LogP contribution in [0, 0.1) is 0 Å². The van der Waals surface area contributed by atoms with Crippen LogP contribution in [0.15, 0.2) is 41.8 Å². The molecule has 0 saturated carbocycles. The molecule has 1 heterocycles. The molecule has 0 spiro atoms. The molecule has 0 bridgehead atoms. The third kappa shape index (κ3) is 2.95. The number of nitrogens with one attached hydrogen (secondary N) is 1. The van der Waals surface area contributed by atoms with E-state index >= 15 is 0 Å². The minimum Gasteiger partial charge on any atom is -0.478 e. The van der Waals surface area contributed by atoms with Crippen LogP contribution in [0.5, 0.6) is 0 Å². The van der Waals surface area contributed by atoms with Crippen molar-refractivity contribution in [1.82, 2.24) is 5.32 Å². The van der Waals surface area contributed by atoms with Crippen LogP contribution >= 0.6 is 11.3 Å². The first kappa shape index (κ1) is 12.3. The normalized spacial score (nSPS) is 10.0. The number of rotatable bonds is 4. The van der Waals surface area contributed by atoms with E-state index in [0.717, 1.165) is 4.88 Å². The first-order valence-corrected chi connectivity index (χ1v) is 6.19. The maximum atomic E-state index is 11.8. The van der Waals surface area contributed by atoms with Crippen molar-refractivity contribution in [2.75, 3.05) is 0 Å². The molecule has 2 rings (SSSR count). The quantitative estimate of drug-likeness (QED) is 0.888. The highest BCUT2D eigenvalue weighted by molar-refractivity contribution is 7.09. The second-order valence-corrected chi connectivity index (χ2v) is 4.68. The Labute approximate surface area is 108 Å². The standard InChI is InChI=1S/C13H11NO3S/c15-12(14-8-11-2-1-7-18-11)9-3-5-10(6-4-9)13(16)17/h1-7H,8H2,(H,14,15)(H,16,17). The summed E-state index contributed by atoms with van der Waals surface area (Å²) in [5.74, 6) is -1.21. The van der Waals surface area contributed by atoms with Gasteiger partial charge in [-0.25, -0.2) is 4.79 Å². The van der Waals surface area contributed by atoms with Gasteiger partial charge in [0.15, 0.2) is 0 Å². The van der Waals surface area contributed by atoms with Crippen LogP contribution in [0.3, 0.4) is 0 Å². The van der Waals surface area contributed by atoms with Crippen LogP contribution in [0.4, 0.5) is 0 Å². The smallest absolute Gasteiger partial charge is 0.335 e. The minimum absolute atomic E-state index is 0.171. The van der Waals surface area contributed by atoms with Crippen LogP contribution in [0.2, 0.25) is 0 Å². The Morgan fingerprint density at radius 3 is 2.33 bits per heavy atom. The summed E-state index contributed by atoms with van der Waals surface area (Å²) in [6.07, 6.45) is 0. The number of carbonyl (C=O) groups excluding carboxylic acids is 1. The van der Waals surface area contributed by atoms with E-state index in [1.165, 1.54) is 24.3 Å². The highest BCUT2D eigenvalue weighted by Gasteiger charge is 2.07. The van der Waals surface area contributed by atoms with Crippen molar-refractivity contribution in [3.8, 4) is 0 Å². The summed E-state index contributed by atoms with van der Waals surface area (Å²) < 4.78 is 0. The number of thiophene rings is 1. The summed E-state index contributed by atoms with van der Waals surface area (Å²) in [6, 6.07) is 9.72. The first-order valence-electron chi connectivity index (χ1n) is 5.31. The number of carbonyl (C=O) groups is 2. The monoisotopic (exact) mass is 261 g/mol. The van der Waals surface area contributed by atoms with Gasteiger partial charge in [0.05, 0.1) is 12.1 Å². The highest BCUT2D eigenvalue weighted by atomic mass is 32.1. The van der Waals surface area contributed by atoms with Crippen LogP contribution in [-0.2, 0) is 6.54 Å².